The summed E-state index contributed by atoms with van der Waals surface area (Å²) in [7, 11) is 0. The van der Waals surface area contributed by atoms with E-state index in [0.29, 0.717) is 22.9 Å². The van der Waals surface area contributed by atoms with Crippen molar-refractivity contribution in [2.45, 2.75) is 18.9 Å². The Bertz CT molecular complexity index is 682. The van der Waals surface area contributed by atoms with E-state index in [1.807, 2.05) is 49.4 Å². The minimum atomic E-state index is -0.853. The molecule has 2 aromatic rings. The van der Waals surface area contributed by atoms with Gasteiger partial charge in [-0.15, -0.1) is 0 Å². The molecule has 0 radical (unpaired) electrons. The SMILES string of the molecule is CC(O)(CCN1CCNCC1)c1ccc(Oc2ccccc2Cl)cc1. The van der Waals surface area contributed by atoms with Gasteiger partial charge in [0.2, 0.25) is 0 Å². The van der Waals surface area contributed by atoms with Crippen molar-refractivity contribution in [2.75, 3.05) is 32.7 Å². The lowest BCUT2D eigenvalue weighted by atomic mass is 9.92. The molecule has 134 valence electrons. The molecule has 0 saturated carbocycles. The van der Waals surface area contributed by atoms with Gasteiger partial charge in [-0.25, -0.2) is 0 Å². The number of para-hydroxylation sites is 1. The summed E-state index contributed by atoms with van der Waals surface area (Å²) in [6.07, 6.45) is 0.706. The molecular formula is C20H25ClN2O2. The summed E-state index contributed by atoms with van der Waals surface area (Å²) >= 11 is 6.12. The molecule has 3 rings (SSSR count). The van der Waals surface area contributed by atoms with Crippen LogP contribution in [0.4, 0.5) is 0 Å². The van der Waals surface area contributed by atoms with Gasteiger partial charge in [-0.3, -0.25) is 0 Å². The second kappa shape index (κ2) is 8.19. The summed E-state index contributed by atoms with van der Waals surface area (Å²) in [5.74, 6) is 1.33. The summed E-state index contributed by atoms with van der Waals surface area (Å²) in [4.78, 5) is 2.39. The number of rotatable bonds is 6. The number of piperazine rings is 1. The Kier molecular flexibility index (Phi) is 5.97. The van der Waals surface area contributed by atoms with Crippen LogP contribution in [0.2, 0.25) is 5.02 Å². The smallest absolute Gasteiger partial charge is 0.146 e. The van der Waals surface area contributed by atoms with Crippen LogP contribution in [0, 0.1) is 0 Å². The highest BCUT2D eigenvalue weighted by Gasteiger charge is 2.24. The van der Waals surface area contributed by atoms with Crippen molar-refractivity contribution in [1.29, 1.82) is 0 Å². The topological polar surface area (TPSA) is 44.7 Å². The van der Waals surface area contributed by atoms with E-state index in [4.69, 9.17) is 16.3 Å². The molecule has 0 spiro atoms. The van der Waals surface area contributed by atoms with E-state index < -0.39 is 5.60 Å². The molecule has 4 nitrogen and oxygen atoms in total. The molecular weight excluding hydrogens is 336 g/mol. The lowest BCUT2D eigenvalue weighted by Gasteiger charge is -2.31. The highest BCUT2D eigenvalue weighted by atomic mass is 35.5. The van der Waals surface area contributed by atoms with E-state index >= 15 is 0 Å². The first kappa shape index (κ1) is 18.2. The fourth-order valence-electron chi connectivity index (χ4n) is 2.99. The van der Waals surface area contributed by atoms with Gasteiger partial charge in [-0.1, -0.05) is 35.9 Å². The molecule has 1 saturated heterocycles. The van der Waals surface area contributed by atoms with E-state index in [9.17, 15) is 5.11 Å². The monoisotopic (exact) mass is 360 g/mol. The molecule has 5 heteroatoms. The highest BCUT2D eigenvalue weighted by molar-refractivity contribution is 6.32. The number of hydrogen-bond acceptors (Lipinski definition) is 4. The number of nitrogens with zero attached hydrogens (tertiary/aromatic N) is 1. The maximum atomic E-state index is 10.8. The molecule has 1 aliphatic rings. The summed E-state index contributed by atoms with van der Waals surface area (Å²) < 4.78 is 5.80. The average molecular weight is 361 g/mol. The number of halogens is 1. The number of hydrogen-bond donors (Lipinski definition) is 2. The first-order chi connectivity index (χ1) is 12.0. The van der Waals surface area contributed by atoms with Crippen LogP contribution in [0.3, 0.4) is 0 Å². The average Bonchev–Trinajstić information content (AvgIpc) is 2.63. The summed E-state index contributed by atoms with van der Waals surface area (Å²) in [6.45, 7) is 6.90. The van der Waals surface area contributed by atoms with Crippen molar-refractivity contribution >= 4 is 11.6 Å². The third-order valence-corrected chi connectivity index (χ3v) is 4.98. The summed E-state index contributed by atoms with van der Waals surface area (Å²) in [5.41, 5.74) is 0.0440. The van der Waals surface area contributed by atoms with Crippen molar-refractivity contribution in [2.24, 2.45) is 0 Å². The highest BCUT2D eigenvalue weighted by Crippen LogP contribution is 2.31. The fraction of sp³-hybridized carbons (Fsp3) is 0.400. The van der Waals surface area contributed by atoms with Gasteiger partial charge in [-0.05, 0) is 43.2 Å². The van der Waals surface area contributed by atoms with E-state index in [1.54, 1.807) is 6.07 Å². The van der Waals surface area contributed by atoms with Gasteiger partial charge in [-0.2, -0.15) is 0 Å². The van der Waals surface area contributed by atoms with Crippen LogP contribution >= 0.6 is 11.6 Å². The van der Waals surface area contributed by atoms with Gasteiger partial charge in [0.1, 0.15) is 11.5 Å². The maximum Gasteiger partial charge on any atom is 0.146 e. The quantitative estimate of drug-likeness (QED) is 0.825. The molecule has 1 fully saturated rings. The summed E-state index contributed by atoms with van der Waals surface area (Å²) in [6, 6.07) is 15.0. The zero-order valence-electron chi connectivity index (χ0n) is 14.5. The zero-order chi connectivity index (χ0) is 17.7. The molecule has 2 aromatic carbocycles. The molecule has 2 N–H and O–H groups in total. The van der Waals surface area contributed by atoms with E-state index in [-0.39, 0.29) is 0 Å². The second-order valence-electron chi connectivity index (χ2n) is 6.67. The Morgan fingerprint density at radius 1 is 1.12 bits per heavy atom. The standard InChI is InChI=1S/C20H25ClN2O2/c1-20(24,10-13-23-14-11-22-12-15-23)16-6-8-17(9-7-16)25-19-5-3-2-4-18(19)21/h2-9,22,24H,10-15H2,1H3. The Morgan fingerprint density at radius 3 is 2.48 bits per heavy atom. The van der Waals surface area contributed by atoms with Crippen molar-refractivity contribution in [3.05, 3.63) is 59.1 Å². The Morgan fingerprint density at radius 2 is 1.80 bits per heavy atom. The fourth-order valence-corrected chi connectivity index (χ4v) is 3.17. The normalized spacial score (nSPS) is 17.9. The van der Waals surface area contributed by atoms with Crippen LogP contribution < -0.4 is 10.1 Å². The Hall–Kier alpha value is -1.59. The van der Waals surface area contributed by atoms with E-state index in [1.165, 1.54) is 0 Å². The van der Waals surface area contributed by atoms with Crippen LogP contribution in [0.15, 0.2) is 48.5 Å². The first-order valence-electron chi connectivity index (χ1n) is 8.73. The van der Waals surface area contributed by atoms with Crippen molar-refractivity contribution < 1.29 is 9.84 Å². The predicted molar refractivity (Wildman–Crippen MR) is 101 cm³/mol. The largest absolute Gasteiger partial charge is 0.456 e. The Balaban J connectivity index is 1.61. The third kappa shape index (κ3) is 4.95. The van der Waals surface area contributed by atoms with E-state index in [2.05, 4.69) is 10.2 Å². The molecule has 1 heterocycles. The van der Waals surface area contributed by atoms with Crippen LogP contribution in [0.1, 0.15) is 18.9 Å². The number of ether oxygens (including phenoxy) is 1. The number of nitrogens with one attached hydrogen (secondary N) is 1. The zero-order valence-corrected chi connectivity index (χ0v) is 15.3. The molecule has 0 aliphatic carbocycles. The van der Waals surface area contributed by atoms with Crippen molar-refractivity contribution in [1.82, 2.24) is 10.2 Å². The van der Waals surface area contributed by atoms with Gasteiger partial charge >= 0.3 is 0 Å². The van der Waals surface area contributed by atoms with E-state index in [0.717, 1.165) is 38.3 Å². The van der Waals surface area contributed by atoms with Crippen LogP contribution in [0.5, 0.6) is 11.5 Å². The van der Waals surface area contributed by atoms with Crippen LogP contribution in [-0.4, -0.2) is 42.7 Å². The van der Waals surface area contributed by atoms with Gasteiger partial charge in [0.25, 0.3) is 0 Å². The number of benzene rings is 2. The minimum Gasteiger partial charge on any atom is -0.456 e. The lowest BCUT2D eigenvalue weighted by molar-refractivity contribution is 0.0345. The van der Waals surface area contributed by atoms with Gasteiger partial charge in [0, 0.05) is 32.7 Å². The van der Waals surface area contributed by atoms with Gasteiger partial charge in [0.15, 0.2) is 0 Å². The second-order valence-corrected chi connectivity index (χ2v) is 7.08. The molecule has 1 aliphatic heterocycles. The van der Waals surface area contributed by atoms with Crippen LogP contribution in [-0.2, 0) is 5.60 Å². The molecule has 1 unspecified atom stereocenters. The van der Waals surface area contributed by atoms with Gasteiger partial charge in [0.05, 0.1) is 10.6 Å². The van der Waals surface area contributed by atoms with Crippen molar-refractivity contribution in [3.8, 4) is 11.5 Å². The molecule has 1 atom stereocenters. The maximum absolute atomic E-state index is 10.8. The van der Waals surface area contributed by atoms with Gasteiger partial charge < -0.3 is 20.1 Å². The molecule has 25 heavy (non-hydrogen) atoms. The predicted octanol–water partition coefficient (Wildman–Crippen LogP) is 3.64. The number of aliphatic hydroxyl groups is 1. The van der Waals surface area contributed by atoms with Crippen molar-refractivity contribution in [3.63, 3.8) is 0 Å². The molecule has 0 aromatic heterocycles. The molecule has 0 bridgehead atoms. The molecule has 0 amide bonds. The first-order valence-corrected chi connectivity index (χ1v) is 9.11. The Labute approximate surface area is 154 Å². The summed E-state index contributed by atoms with van der Waals surface area (Å²) in [5, 5.41) is 14.8. The third-order valence-electron chi connectivity index (χ3n) is 4.67. The lowest BCUT2D eigenvalue weighted by Crippen LogP contribution is -2.45. The minimum absolute atomic E-state index is 0.578. The van der Waals surface area contributed by atoms with Crippen LogP contribution in [0.25, 0.3) is 0 Å².